The van der Waals surface area contributed by atoms with Gasteiger partial charge in [-0.25, -0.2) is 0 Å². The summed E-state index contributed by atoms with van der Waals surface area (Å²) in [4.78, 5) is 14.5. The van der Waals surface area contributed by atoms with E-state index in [1.807, 2.05) is 74.4 Å². The second-order valence-corrected chi connectivity index (χ2v) is 6.19. The van der Waals surface area contributed by atoms with Crippen LogP contribution in [-0.2, 0) is 6.61 Å². The molecule has 0 aliphatic carbocycles. The van der Waals surface area contributed by atoms with Crippen LogP contribution >= 0.6 is 0 Å². The quantitative estimate of drug-likeness (QED) is 0.694. The average molecular weight is 327 g/mol. The van der Waals surface area contributed by atoms with Crippen molar-refractivity contribution in [2.24, 2.45) is 5.92 Å². The zero-order valence-corrected chi connectivity index (χ0v) is 14.8. The molecule has 0 aromatic heterocycles. The number of ether oxygens (including phenoxy) is 2. The van der Waals surface area contributed by atoms with Crippen LogP contribution in [0.1, 0.15) is 22.8 Å². The number of benzene rings is 2. The molecule has 2 aromatic carbocycles. The fraction of sp³-hybridized carbons (Fsp3) is 0.350. The molecule has 2 rings (SSSR count). The van der Waals surface area contributed by atoms with Crippen molar-refractivity contribution in [2.75, 3.05) is 27.7 Å². The van der Waals surface area contributed by atoms with Gasteiger partial charge in [0.1, 0.15) is 18.1 Å². The van der Waals surface area contributed by atoms with Crippen LogP contribution in [0.25, 0.3) is 0 Å². The highest BCUT2D eigenvalue weighted by Gasteiger charge is 2.16. The van der Waals surface area contributed by atoms with E-state index in [1.54, 1.807) is 7.11 Å². The maximum absolute atomic E-state index is 12.5. The fourth-order valence-corrected chi connectivity index (χ4v) is 2.54. The minimum Gasteiger partial charge on any atom is -0.497 e. The number of carbonyl (C=O) groups is 1. The molecule has 0 saturated heterocycles. The van der Waals surface area contributed by atoms with E-state index in [4.69, 9.17) is 9.47 Å². The molecule has 0 saturated carbocycles. The number of hydrogen-bond donors (Lipinski definition) is 0. The zero-order valence-electron chi connectivity index (χ0n) is 14.8. The van der Waals surface area contributed by atoms with Crippen molar-refractivity contribution in [3.8, 4) is 11.5 Å². The molecule has 1 atom stereocenters. The van der Waals surface area contributed by atoms with Crippen molar-refractivity contribution in [1.29, 1.82) is 0 Å². The smallest absolute Gasteiger partial charge is 0.167 e. The van der Waals surface area contributed by atoms with Gasteiger partial charge in [0, 0.05) is 18.0 Å². The average Bonchev–Trinajstić information content (AvgIpc) is 2.59. The van der Waals surface area contributed by atoms with E-state index >= 15 is 0 Å². The molecule has 0 bridgehead atoms. The zero-order chi connectivity index (χ0) is 17.5. The molecule has 0 radical (unpaired) electrons. The summed E-state index contributed by atoms with van der Waals surface area (Å²) in [6.45, 7) is 3.14. The number of rotatable bonds is 8. The van der Waals surface area contributed by atoms with E-state index in [0.717, 1.165) is 17.9 Å². The molecule has 0 amide bonds. The molecule has 4 heteroatoms. The monoisotopic (exact) mass is 327 g/mol. The van der Waals surface area contributed by atoms with Gasteiger partial charge in [-0.2, -0.15) is 0 Å². The second-order valence-electron chi connectivity index (χ2n) is 6.19. The minimum atomic E-state index is -0.0446. The Bertz CT molecular complexity index is 665. The fourth-order valence-electron chi connectivity index (χ4n) is 2.54. The Morgan fingerprint density at radius 3 is 2.42 bits per heavy atom. The first-order valence-electron chi connectivity index (χ1n) is 8.04. The van der Waals surface area contributed by atoms with Crippen LogP contribution in [0.2, 0.25) is 0 Å². The Morgan fingerprint density at radius 2 is 1.79 bits per heavy atom. The van der Waals surface area contributed by atoms with E-state index in [0.29, 0.717) is 17.9 Å². The molecule has 2 aromatic rings. The number of methoxy groups -OCH3 is 1. The van der Waals surface area contributed by atoms with Gasteiger partial charge < -0.3 is 14.4 Å². The Morgan fingerprint density at radius 1 is 1.08 bits per heavy atom. The molecule has 24 heavy (non-hydrogen) atoms. The summed E-state index contributed by atoms with van der Waals surface area (Å²) in [5.74, 6) is 1.62. The Kier molecular flexibility index (Phi) is 6.38. The van der Waals surface area contributed by atoms with E-state index in [-0.39, 0.29) is 11.7 Å². The molecule has 128 valence electrons. The molecule has 0 aliphatic rings. The van der Waals surface area contributed by atoms with Crippen molar-refractivity contribution in [1.82, 2.24) is 4.90 Å². The largest absolute Gasteiger partial charge is 0.497 e. The van der Waals surface area contributed by atoms with Crippen LogP contribution in [0.5, 0.6) is 11.5 Å². The summed E-state index contributed by atoms with van der Waals surface area (Å²) >= 11 is 0. The molecule has 0 aliphatic heterocycles. The van der Waals surface area contributed by atoms with Crippen molar-refractivity contribution >= 4 is 5.78 Å². The first-order valence-corrected chi connectivity index (χ1v) is 8.04. The second kappa shape index (κ2) is 8.50. The molecule has 0 spiro atoms. The van der Waals surface area contributed by atoms with Gasteiger partial charge in [-0.3, -0.25) is 4.79 Å². The number of hydrogen-bond acceptors (Lipinski definition) is 4. The van der Waals surface area contributed by atoms with Crippen molar-refractivity contribution < 1.29 is 14.3 Å². The summed E-state index contributed by atoms with van der Waals surface area (Å²) in [6.07, 6.45) is 0. The van der Waals surface area contributed by atoms with E-state index in [1.165, 1.54) is 0 Å². The number of carbonyl (C=O) groups excluding carboxylic acids is 1. The van der Waals surface area contributed by atoms with Crippen molar-refractivity contribution in [3.63, 3.8) is 0 Å². The van der Waals surface area contributed by atoms with E-state index in [9.17, 15) is 4.79 Å². The van der Waals surface area contributed by atoms with Gasteiger partial charge in [-0.1, -0.05) is 31.2 Å². The van der Waals surface area contributed by atoms with E-state index < -0.39 is 0 Å². The minimum absolute atomic E-state index is 0.0446. The lowest BCUT2D eigenvalue weighted by Crippen LogP contribution is -2.25. The molecule has 0 unspecified atom stereocenters. The van der Waals surface area contributed by atoms with E-state index in [2.05, 4.69) is 0 Å². The Hall–Kier alpha value is -2.33. The van der Waals surface area contributed by atoms with Gasteiger partial charge >= 0.3 is 0 Å². The molecule has 4 nitrogen and oxygen atoms in total. The summed E-state index contributed by atoms with van der Waals surface area (Å²) in [7, 11) is 5.58. The summed E-state index contributed by atoms with van der Waals surface area (Å²) < 4.78 is 11.0. The summed E-state index contributed by atoms with van der Waals surface area (Å²) in [5, 5.41) is 0. The molecular weight excluding hydrogens is 302 g/mol. The third-order valence-electron chi connectivity index (χ3n) is 3.77. The number of ketones is 1. The molecule has 0 N–H and O–H groups in total. The van der Waals surface area contributed by atoms with Crippen LogP contribution < -0.4 is 9.47 Å². The lowest BCUT2D eigenvalue weighted by Gasteiger charge is -2.16. The number of nitrogens with zero attached hydrogens (tertiary/aromatic N) is 1. The lowest BCUT2D eigenvalue weighted by atomic mass is 9.99. The maximum Gasteiger partial charge on any atom is 0.167 e. The summed E-state index contributed by atoms with van der Waals surface area (Å²) in [6, 6.07) is 15.1. The SMILES string of the molecule is COc1ccc(COc2cccc(C(=O)[C@@H](C)CN(C)C)c2)cc1. The van der Waals surface area contributed by atoms with Crippen LogP contribution in [-0.4, -0.2) is 38.4 Å². The van der Waals surface area contributed by atoms with Crippen LogP contribution in [0.4, 0.5) is 0 Å². The maximum atomic E-state index is 12.5. The highest BCUT2D eigenvalue weighted by Crippen LogP contribution is 2.19. The first-order chi connectivity index (χ1) is 11.5. The third-order valence-corrected chi connectivity index (χ3v) is 3.77. The third kappa shape index (κ3) is 5.10. The predicted octanol–water partition coefficient (Wildman–Crippen LogP) is 3.65. The van der Waals surface area contributed by atoms with Gasteiger partial charge in [-0.15, -0.1) is 0 Å². The first kappa shape index (κ1) is 18.0. The van der Waals surface area contributed by atoms with Crippen molar-refractivity contribution in [2.45, 2.75) is 13.5 Å². The van der Waals surface area contributed by atoms with Crippen LogP contribution in [0.3, 0.4) is 0 Å². The highest BCUT2D eigenvalue weighted by atomic mass is 16.5. The van der Waals surface area contributed by atoms with Gasteiger partial charge in [-0.05, 0) is 43.9 Å². The predicted molar refractivity (Wildman–Crippen MR) is 95.8 cm³/mol. The highest BCUT2D eigenvalue weighted by molar-refractivity contribution is 5.98. The standard InChI is InChI=1S/C20H25NO3/c1-15(13-21(2)3)20(22)17-6-5-7-19(12-17)24-14-16-8-10-18(23-4)11-9-16/h5-12,15H,13-14H2,1-4H3/t15-/m0/s1. The molecule has 0 fully saturated rings. The van der Waals surface area contributed by atoms with Crippen LogP contribution in [0.15, 0.2) is 48.5 Å². The van der Waals surface area contributed by atoms with Gasteiger partial charge in [0.15, 0.2) is 5.78 Å². The normalized spacial score (nSPS) is 12.0. The van der Waals surface area contributed by atoms with Gasteiger partial charge in [0.05, 0.1) is 7.11 Å². The molecule has 0 heterocycles. The number of Topliss-reactive ketones (excluding diaryl/α,β-unsaturated/α-hetero) is 1. The van der Waals surface area contributed by atoms with Gasteiger partial charge in [0.25, 0.3) is 0 Å². The molecular formula is C20H25NO3. The lowest BCUT2D eigenvalue weighted by molar-refractivity contribution is 0.0909. The van der Waals surface area contributed by atoms with Gasteiger partial charge in [0.2, 0.25) is 0 Å². The topological polar surface area (TPSA) is 38.8 Å². The Balaban J connectivity index is 2.00. The van der Waals surface area contributed by atoms with Crippen LogP contribution in [0, 0.1) is 5.92 Å². The van der Waals surface area contributed by atoms with Crippen molar-refractivity contribution in [3.05, 3.63) is 59.7 Å². The summed E-state index contributed by atoms with van der Waals surface area (Å²) in [5.41, 5.74) is 1.74. The Labute approximate surface area is 144 Å².